The molecule has 0 aliphatic carbocycles. The highest BCUT2D eigenvalue weighted by molar-refractivity contribution is 6.33. The molecule has 4 N–H and O–H groups in total. The summed E-state index contributed by atoms with van der Waals surface area (Å²) in [4.78, 5) is 36.5. The van der Waals surface area contributed by atoms with Gasteiger partial charge < -0.3 is 21.3 Å². The molecule has 0 unspecified atom stereocenters. The average molecular weight is 465 g/mol. The highest BCUT2D eigenvalue weighted by Crippen LogP contribution is 2.25. The fraction of sp³-hybridized carbons (Fsp3) is 0.160. The van der Waals surface area contributed by atoms with Gasteiger partial charge in [-0.3, -0.25) is 14.4 Å². The summed E-state index contributed by atoms with van der Waals surface area (Å²) in [6.45, 7) is 1.90. The summed E-state index contributed by atoms with van der Waals surface area (Å²) >= 11 is 6.21. The number of amides is 3. The summed E-state index contributed by atoms with van der Waals surface area (Å²) in [6, 6.07) is 20.8. The molecule has 33 heavy (non-hydrogen) atoms. The molecular weight excluding hydrogens is 440 g/mol. The van der Waals surface area contributed by atoms with Crippen LogP contribution in [0.2, 0.25) is 5.02 Å². The van der Waals surface area contributed by atoms with Gasteiger partial charge in [-0.2, -0.15) is 0 Å². The molecule has 170 valence electrons. The quantitative estimate of drug-likeness (QED) is 0.341. The minimum atomic E-state index is -0.293. The van der Waals surface area contributed by atoms with Gasteiger partial charge in [0.05, 0.1) is 17.3 Å². The SMILES string of the molecule is CCCC(=O)Nc1ccc(Cl)c(NCC(=O)Nc2cccc(NC(=O)c3ccccc3)c2)c1. The van der Waals surface area contributed by atoms with Gasteiger partial charge in [0.2, 0.25) is 11.8 Å². The van der Waals surface area contributed by atoms with E-state index >= 15 is 0 Å². The lowest BCUT2D eigenvalue weighted by Gasteiger charge is -2.12. The van der Waals surface area contributed by atoms with Crippen molar-refractivity contribution in [3.63, 3.8) is 0 Å². The van der Waals surface area contributed by atoms with Crippen molar-refractivity contribution in [2.75, 3.05) is 27.8 Å². The number of anilines is 4. The molecule has 3 aromatic rings. The van der Waals surface area contributed by atoms with Crippen molar-refractivity contribution in [2.45, 2.75) is 19.8 Å². The molecule has 7 nitrogen and oxygen atoms in total. The number of halogens is 1. The first kappa shape index (κ1) is 23.8. The van der Waals surface area contributed by atoms with Crippen molar-refractivity contribution < 1.29 is 14.4 Å². The predicted molar refractivity (Wildman–Crippen MR) is 133 cm³/mol. The Bertz CT molecular complexity index is 1140. The Morgan fingerprint density at radius 3 is 2.15 bits per heavy atom. The monoisotopic (exact) mass is 464 g/mol. The second-order valence-corrected chi connectivity index (χ2v) is 7.70. The van der Waals surface area contributed by atoms with Crippen LogP contribution in [0.3, 0.4) is 0 Å². The van der Waals surface area contributed by atoms with E-state index in [0.29, 0.717) is 39.8 Å². The van der Waals surface area contributed by atoms with Gasteiger partial charge in [0.1, 0.15) is 0 Å². The van der Waals surface area contributed by atoms with Crippen molar-refractivity contribution in [3.8, 4) is 0 Å². The van der Waals surface area contributed by atoms with E-state index in [0.717, 1.165) is 6.42 Å². The molecule has 8 heteroatoms. The summed E-state index contributed by atoms with van der Waals surface area (Å²) in [7, 11) is 0. The van der Waals surface area contributed by atoms with E-state index < -0.39 is 0 Å². The highest BCUT2D eigenvalue weighted by Gasteiger charge is 2.09. The third kappa shape index (κ3) is 7.36. The Kier molecular flexibility index (Phi) is 8.43. The minimum absolute atomic E-state index is 0.0350. The van der Waals surface area contributed by atoms with E-state index in [2.05, 4.69) is 21.3 Å². The number of benzene rings is 3. The molecule has 0 bridgehead atoms. The number of hydrogen-bond acceptors (Lipinski definition) is 4. The van der Waals surface area contributed by atoms with Crippen molar-refractivity contribution in [1.82, 2.24) is 0 Å². The largest absolute Gasteiger partial charge is 0.375 e. The van der Waals surface area contributed by atoms with E-state index in [-0.39, 0.29) is 24.3 Å². The fourth-order valence-electron chi connectivity index (χ4n) is 3.04. The number of carbonyl (C=O) groups excluding carboxylic acids is 3. The Morgan fingerprint density at radius 1 is 0.758 bits per heavy atom. The highest BCUT2D eigenvalue weighted by atomic mass is 35.5. The van der Waals surface area contributed by atoms with Crippen LogP contribution >= 0.6 is 11.6 Å². The second kappa shape index (κ2) is 11.7. The standard InChI is InChI=1S/C25H25ClN4O3/c1-2-7-23(31)28-20-12-13-21(26)22(15-20)27-16-24(32)29-18-10-6-11-19(14-18)30-25(33)17-8-4-3-5-9-17/h3-6,8-15,27H,2,7,16H2,1H3,(H,28,31)(H,29,32)(H,30,33). The van der Waals surface area contributed by atoms with Gasteiger partial charge in [-0.1, -0.05) is 42.8 Å². The maximum absolute atomic E-state index is 12.4. The Hall–Kier alpha value is -3.84. The summed E-state index contributed by atoms with van der Waals surface area (Å²) in [5.74, 6) is -0.609. The molecule has 0 saturated heterocycles. The average Bonchev–Trinajstić information content (AvgIpc) is 2.80. The zero-order valence-electron chi connectivity index (χ0n) is 18.2. The molecule has 0 fully saturated rings. The van der Waals surface area contributed by atoms with Crippen LogP contribution in [0.5, 0.6) is 0 Å². The van der Waals surface area contributed by atoms with Crippen molar-refractivity contribution in [3.05, 3.63) is 83.4 Å². The van der Waals surface area contributed by atoms with E-state index in [1.165, 1.54) is 0 Å². The maximum atomic E-state index is 12.4. The molecular formula is C25H25ClN4O3. The predicted octanol–water partition coefficient (Wildman–Crippen LogP) is 5.38. The number of nitrogens with one attached hydrogen (secondary N) is 4. The lowest BCUT2D eigenvalue weighted by molar-refractivity contribution is -0.116. The van der Waals surface area contributed by atoms with Crippen LogP contribution in [0.1, 0.15) is 30.1 Å². The molecule has 0 aromatic heterocycles. The summed E-state index contributed by atoms with van der Waals surface area (Å²) in [6.07, 6.45) is 1.18. The molecule has 0 aliphatic rings. The zero-order chi connectivity index (χ0) is 23.6. The van der Waals surface area contributed by atoms with Gasteiger partial charge in [-0.05, 0) is 55.0 Å². The molecule has 0 heterocycles. The van der Waals surface area contributed by atoms with Crippen LogP contribution in [0.25, 0.3) is 0 Å². The van der Waals surface area contributed by atoms with Gasteiger partial charge >= 0.3 is 0 Å². The summed E-state index contributed by atoms with van der Waals surface area (Å²) < 4.78 is 0. The van der Waals surface area contributed by atoms with Gasteiger partial charge in [0, 0.05) is 29.0 Å². The molecule has 0 radical (unpaired) electrons. The van der Waals surface area contributed by atoms with Gasteiger partial charge in [-0.15, -0.1) is 0 Å². The molecule has 3 amide bonds. The molecule has 0 saturated carbocycles. The fourth-order valence-corrected chi connectivity index (χ4v) is 3.22. The van der Waals surface area contributed by atoms with Crippen molar-refractivity contribution in [2.24, 2.45) is 0 Å². The van der Waals surface area contributed by atoms with Crippen molar-refractivity contribution in [1.29, 1.82) is 0 Å². The smallest absolute Gasteiger partial charge is 0.255 e. The van der Waals surface area contributed by atoms with E-state index in [1.54, 1.807) is 66.7 Å². The van der Waals surface area contributed by atoms with Crippen LogP contribution < -0.4 is 21.3 Å². The number of carbonyl (C=O) groups is 3. The topological polar surface area (TPSA) is 99.3 Å². The second-order valence-electron chi connectivity index (χ2n) is 7.30. The minimum Gasteiger partial charge on any atom is -0.375 e. The molecule has 0 spiro atoms. The third-order valence-electron chi connectivity index (χ3n) is 4.61. The van der Waals surface area contributed by atoms with Gasteiger partial charge in [-0.25, -0.2) is 0 Å². The first-order chi connectivity index (χ1) is 15.9. The molecule has 3 aromatic carbocycles. The van der Waals surface area contributed by atoms with Crippen LogP contribution in [-0.4, -0.2) is 24.3 Å². The first-order valence-electron chi connectivity index (χ1n) is 10.5. The van der Waals surface area contributed by atoms with E-state index in [1.807, 2.05) is 13.0 Å². The molecule has 3 rings (SSSR count). The lowest BCUT2D eigenvalue weighted by Crippen LogP contribution is -2.22. The van der Waals surface area contributed by atoms with Crippen molar-refractivity contribution >= 4 is 52.1 Å². The van der Waals surface area contributed by atoms with Gasteiger partial charge in [0.15, 0.2) is 0 Å². The van der Waals surface area contributed by atoms with Crippen LogP contribution in [0.15, 0.2) is 72.8 Å². The maximum Gasteiger partial charge on any atom is 0.255 e. The van der Waals surface area contributed by atoms with E-state index in [9.17, 15) is 14.4 Å². The normalized spacial score (nSPS) is 10.2. The van der Waals surface area contributed by atoms with Crippen LogP contribution in [0.4, 0.5) is 22.7 Å². The Labute approximate surface area is 197 Å². The van der Waals surface area contributed by atoms with E-state index in [4.69, 9.17) is 11.6 Å². The Balaban J connectivity index is 1.56. The third-order valence-corrected chi connectivity index (χ3v) is 4.94. The summed E-state index contributed by atoms with van der Waals surface area (Å²) in [5.41, 5.74) is 2.78. The zero-order valence-corrected chi connectivity index (χ0v) is 18.9. The number of hydrogen-bond donors (Lipinski definition) is 4. The lowest BCUT2D eigenvalue weighted by atomic mass is 10.2. The Morgan fingerprint density at radius 2 is 1.42 bits per heavy atom. The van der Waals surface area contributed by atoms with Gasteiger partial charge in [0.25, 0.3) is 5.91 Å². The number of rotatable bonds is 9. The summed E-state index contributed by atoms with van der Waals surface area (Å²) in [5, 5.41) is 11.8. The first-order valence-corrected chi connectivity index (χ1v) is 10.9. The van der Waals surface area contributed by atoms with Crippen LogP contribution in [0, 0.1) is 0 Å². The molecule has 0 aliphatic heterocycles. The van der Waals surface area contributed by atoms with Crippen LogP contribution in [-0.2, 0) is 9.59 Å². The molecule has 0 atom stereocenters.